The van der Waals surface area contributed by atoms with Crippen LogP contribution in [0.4, 0.5) is 5.69 Å². The summed E-state index contributed by atoms with van der Waals surface area (Å²) in [7, 11) is -2.35. The second kappa shape index (κ2) is 6.68. The minimum absolute atomic E-state index is 0.0342. The zero-order chi connectivity index (χ0) is 16.3. The van der Waals surface area contributed by atoms with Gasteiger partial charge in [0.2, 0.25) is 5.03 Å². The molecule has 2 rings (SSSR count). The molecule has 120 valence electrons. The van der Waals surface area contributed by atoms with Gasteiger partial charge in [-0.05, 0) is 18.6 Å². The van der Waals surface area contributed by atoms with Crippen molar-refractivity contribution < 1.29 is 13.5 Å². The molecule has 0 saturated heterocycles. The highest BCUT2D eigenvalue weighted by Gasteiger charge is 2.31. The number of aliphatic hydroxyl groups excluding tert-OH is 1. The highest BCUT2D eigenvalue weighted by atomic mass is 35.5. The Balaban J connectivity index is 2.50. The number of aryl methyl sites for hydroxylation is 1. The van der Waals surface area contributed by atoms with Gasteiger partial charge in [-0.1, -0.05) is 36.7 Å². The molecule has 1 aromatic heterocycles. The fourth-order valence-electron chi connectivity index (χ4n) is 1.93. The van der Waals surface area contributed by atoms with Gasteiger partial charge in [-0.3, -0.25) is 4.31 Å². The summed E-state index contributed by atoms with van der Waals surface area (Å²) in [5, 5.41) is 9.73. The molecular formula is C14H18ClN3O3S. The molecule has 1 heterocycles. The van der Waals surface area contributed by atoms with Crippen LogP contribution in [0.25, 0.3) is 0 Å². The molecule has 1 aromatic carbocycles. The van der Waals surface area contributed by atoms with Crippen LogP contribution >= 0.6 is 11.6 Å². The number of anilines is 1. The van der Waals surface area contributed by atoms with E-state index >= 15 is 0 Å². The zero-order valence-electron chi connectivity index (χ0n) is 12.3. The summed E-state index contributed by atoms with van der Waals surface area (Å²) in [5.74, 6) is 0. The van der Waals surface area contributed by atoms with Crippen molar-refractivity contribution in [3.05, 3.63) is 41.8 Å². The van der Waals surface area contributed by atoms with Crippen molar-refractivity contribution in [1.82, 2.24) is 9.55 Å². The maximum Gasteiger partial charge on any atom is 0.285 e. The molecule has 0 aliphatic rings. The van der Waals surface area contributed by atoms with Crippen molar-refractivity contribution in [2.45, 2.75) is 24.5 Å². The van der Waals surface area contributed by atoms with Gasteiger partial charge in [0.1, 0.15) is 5.15 Å². The quantitative estimate of drug-likeness (QED) is 0.870. The van der Waals surface area contributed by atoms with Crippen LogP contribution in [0.1, 0.15) is 13.3 Å². The first-order chi connectivity index (χ1) is 10.4. The summed E-state index contributed by atoms with van der Waals surface area (Å²) in [6, 6.07) is 8.58. The van der Waals surface area contributed by atoms with Crippen molar-refractivity contribution in [2.24, 2.45) is 7.05 Å². The number of halogens is 1. The van der Waals surface area contributed by atoms with Gasteiger partial charge in [0.05, 0.1) is 24.7 Å². The average Bonchev–Trinajstić information content (AvgIpc) is 2.85. The second-order valence-corrected chi connectivity index (χ2v) is 7.02. The number of hydrogen-bond acceptors (Lipinski definition) is 4. The van der Waals surface area contributed by atoms with E-state index in [1.54, 1.807) is 44.3 Å². The number of sulfonamides is 1. The number of rotatable bonds is 6. The Morgan fingerprint density at radius 1 is 1.36 bits per heavy atom. The molecule has 8 heteroatoms. The summed E-state index contributed by atoms with van der Waals surface area (Å²) in [6.45, 7) is 1.73. The summed E-state index contributed by atoms with van der Waals surface area (Å²) in [4.78, 5) is 3.89. The second-order valence-electron chi connectivity index (χ2n) is 4.89. The number of hydrogen-bond donors (Lipinski definition) is 1. The lowest BCUT2D eigenvalue weighted by molar-refractivity contribution is 0.179. The number of aromatic nitrogens is 2. The Morgan fingerprint density at radius 3 is 2.50 bits per heavy atom. The highest BCUT2D eigenvalue weighted by molar-refractivity contribution is 7.92. The van der Waals surface area contributed by atoms with E-state index in [-0.39, 0.29) is 16.7 Å². The Bertz CT molecular complexity index is 731. The SMILES string of the molecule is CCC(O)CN(c1ccccc1)S(=O)(=O)c1ncn(C)c1Cl. The number of para-hydroxylation sites is 1. The van der Waals surface area contributed by atoms with E-state index in [9.17, 15) is 13.5 Å². The molecule has 1 N–H and O–H groups in total. The van der Waals surface area contributed by atoms with E-state index in [1.165, 1.54) is 10.9 Å². The van der Waals surface area contributed by atoms with Crippen molar-refractivity contribution in [1.29, 1.82) is 0 Å². The standard InChI is InChI=1S/C14H18ClN3O3S/c1-3-12(19)9-18(11-7-5-4-6-8-11)22(20,21)14-13(15)17(2)10-16-14/h4-8,10,12,19H,3,9H2,1-2H3. The average molecular weight is 344 g/mol. The first-order valence-electron chi connectivity index (χ1n) is 6.80. The summed E-state index contributed by atoms with van der Waals surface area (Å²) in [5.41, 5.74) is 0.455. The van der Waals surface area contributed by atoms with Gasteiger partial charge in [0.25, 0.3) is 10.0 Å². The Kier molecular flexibility index (Phi) is 5.10. The van der Waals surface area contributed by atoms with Crippen molar-refractivity contribution >= 4 is 27.3 Å². The highest BCUT2D eigenvalue weighted by Crippen LogP contribution is 2.27. The van der Waals surface area contributed by atoms with Crippen LogP contribution in [-0.2, 0) is 17.1 Å². The van der Waals surface area contributed by atoms with Gasteiger partial charge < -0.3 is 9.67 Å². The first kappa shape index (κ1) is 16.8. The smallest absolute Gasteiger partial charge is 0.285 e. The lowest BCUT2D eigenvalue weighted by Gasteiger charge is -2.25. The monoisotopic (exact) mass is 343 g/mol. The minimum Gasteiger partial charge on any atom is -0.391 e. The van der Waals surface area contributed by atoms with Gasteiger partial charge in [-0.15, -0.1) is 0 Å². The molecule has 0 bridgehead atoms. The minimum atomic E-state index is -3.96. The van der Waals surface area contributed by atoms with Gasteiger partial charge in [0.15, 0.2) is 0 Å². The van der Waals surface area contributed by atoms with Crippen LogP contribution in [0.2, 0.25) is 5.15 Å². The molecule has 6 nitrogen and oxygen atoms in total. The molecule has 1 atom stereocenters. The van der Waals surface area contributed by atoms with Crippen LogP contribution in [0, 0.1) is 0 Å². The Morgan fingerprint density at radius 2 is 2.00 bits per heavy atom. The van der Waals surface area contributed by atoms with Gasteiger partial charge in [0, 0.05) is 7.05 Å². The van der Waals surface area contributed by atoms with E-state index < -0.39 is 16.1 Å². The van der Waals surface area contributed by atoms with Crippen molar-refractivity contribution in [3.8, 4) is 0 Å². The molecule has 1 unspecified atom stereocenters. The van der Waals surface area contributed by atoms with Gasteiger partial charge in [-0.25, -0.2) is 4.98 Å². The number of imidazole rings is 1. The topological polar surface area (TPSA) is 75.4 Å². The van der Waals surface area contributed by atoms with Gasteiger partial charge in [-0.2, -0.15) is 8.42 Å². The van der Waals surface area contributed by atoms with E-state index in [1.807, 2.05) is 0 Å². The molecule has 0 spiro atoms. The largest absolute Gasteiger partial charge is 0.391 e. The summed E-state index contributed by atoms with van der Waals surface area (Å²) in [6.07, 6.45) is 1.00. The van der Waals surface area contributed by atoms with E-state index in [0.717, 1.165) is 4.31 Å². The Hall–Kier alpha value is -1.57. The molecule has 2 aromatic rings. The third-order valence-electron chi connectivity index (χ3n) is 3.26. The summed E-state index contributed by atoms with van der Waals surface area (Å²) >= 11 is 6.03. The Labute approximate surface area is 135 Å². The number of aliphatic hydroxyl groups is 1. The fourth-order valence-corrected chi connectivity index (χ4v) is 3.83. The molecule has 0 saturated carbocycles. The van der Waals surface area contributed by atoms with Crippen molar-refractivity contribution in [3.63, 3.8) is 0 Å². The maximum atomic E-state index is 12.9. The molecule has 22 heavy (non-hydrogen) atoms. The van der Waals surface area contributed by atoms with Crippen LogP contribution in [0.5, 0.6) is 0 Å². The van der Waals surface area contributed by atoms with Crippen LogP contribution in [-0.4, -0.2) is 35.7 Å². The fraction of sp³-hybridized carbons (Fsp3) is 0.357. The third-order valence-corrected chi connectivity index (χ3v) is 5.55. The molecule has 0 fully saturated rings. The van der Waals surface area contributed by atoms with Crippen LogP contribution in [0.15, 0.2) is 41.7 Å². The predicted octanol–water partition coefficient (Wildman–Crippen LogP) is 2.04. The molecule has 0 radical (unpaired) electrons. The maximum absolute atomic E-state index is 12.9. The molecular weight excluding hydrogens is 326 g/mol. The van der Waals surface area contributed by atoms with Crippen LogP contribution in [0.3, 0.4) is 0 Å². The first-order valence-corrected chi connectivity index (χ1v) is 8.62. The molecule has 0 aliphatic carbocycles. The number of nitrogens with zero attached hydrogens (tertiary/aromatic N) is 3. The van der Waals surface area contributed by atoms with E-state index in [0.29, 0.717) is 12.1 Å². The third kappa shape index (κ3) is 3.26. The van der Waals surface area contributed by atoms with E-state index in [2.05, 4.69) is 4.98 Å². The predicted molar refractivity (Wildman–Crippen MR) is 85.5 cm³/mol. The lowest BCUT2D eigenvalue weighted by Crippen LogP contribution is -2.37. The van der Waals surface area contributed by atoms with E-state index in [4.69, 9.17) is 11.6 Å². The lowest BCUT2D eigenvalue weighted by atomic mass is 10.2. The molecule has 0 aliphatic heterocycles. The van der Waals surface area contributed by atoms with Gasteiger partial charge >= 0.3 is 0 Å². The summed E-state index contributed by atoms with van der Waals surface area (Å²) < 4.78 is 28.3. The normalized spacial score (nSPS) is 13.1. The van der Waals surface area contributed by atoms with Crippen molar-refractivity contribution in [2.75, 3.05) is 10.8 Å². The number of benzene rings is 1. The molecule has 0 amide bonds. The zero-order valence-corrected chi connectivity index (χ0v) is 13.9. The van der Waals surface area contributed by atoms with Crippen LogP contribution < -0.4 is 4.31 Å².